The highest BCUT2D eigenvalue weighted by Gasteiger charge is 2.62. The normalized spacial score (nSPS) is 27.2. The fraction of sp³-hybridized carbons (Fsp3) is 0.750. The zero-order chi connectivity index (χ0) is 12.7. The number of hydrogen-bond acceptors (Lipinski definition) is 2. The zero-order valence-corrected chi connectivity index (χ0v) is 11.8. The van der Waals surface area contributed by atoms with Gasteiger partial charge in [0.05, 0.1) is 5.92 Å². The SMILES string of the molecule is CC(C)(C)OC(=O)[C@H]1[C@H](C=C(Cl)Cl)C1(C)C. The Balaban J connectivity index is 2.70. The number of ether oxygens (including phenoxy) is 1. The van der Waals surface area contributed by atoms with E-state index in [0.29, 0.717) is 0 Å². The molecule has 0 aromatic rings. The highest BCUT2D eigenvalue weighted by Crippen LogP contribution is 2.60. The summed E-state index contributed by atoms with van der Waals surface area (Å²) < 4.78 is 5.57. The molecule has 16 heavy (non-hydrogen) atoms. The van der Waals surface area contributed by atoms with Crippen LogP contribution in [0, 0.1) is 17.3 Å². The maximum Gasteiger partial charge on any atom is 0.310 e. The molecule has 92 valence electrons. The van der Waals surface area contributed by atoms with Gasteiger partial charge in [0.15, 0.2) is 0 Å². The highest BCUT2D eigenvalue weighted by atomic mass is 35.5. The van der Waals surface area contributed by atoms with Crippen LogP contribution < -0.4 is 0 Å². The quantitative estimate of drug-likeness (QED) is 0.707. The van der Waals surface area contributed by atoms with Gasteiger partial charge in [-0.3, -0.25) is 4.79 Å². The van der Waals surface area contributed by atoms with Crippen LogP contribution >= 0.6 is 23.2 Å². The first kappa shape index (κ1) is 13.9. The third kappa shape index (κ3) is 3.14. The second kappa shape index (κ2) is 4.23. The van der Waals surface area contributed by atoms with Crippen molar-refractivity contribution in [3.8, 4) is 0 Å². The van der Waals surface area contributed by atoms with Crippen molar-refractivity contribution in [2.45, 2.75) is 40.2 Å². The smallest absolute Gasteiger partial charge is 0.310 e. The van der Waals surface area contributed by atoms with Crippen molar-refractivity contribution in [3.05, 3.63) is 10.6 Å². The van der Waals surface area contributed by atoms with E-state index in [1.165, 1.54) is 0 Å². The Morgan fingerprint density at radius 3 is 2.19 bits per heavy atom. The summed E-state index contributed by atoms with van der Waals surface area (Å²) in [6.45, 7) is 9.61. The van der Waals surface area contributed by atoms with E-state index in [4.69, 9.17) is 27.9 Å². The number of carbonyl (C=O) groups excluding carboxylic acids is 1. The summed E-state index contributed by atoms with van der Waals surface area (Å²) in [5.74, 6) is -0.236. The number of esters is 1. The lowest BCUT2D eigenvalue weighted by atomic mass is 10.1. The predicted molar refractivity (Wildman–Crippen MR) is 66.4 cm³/mol. The first-order valence-electron chi connectivity index (χ1n) is 5.31. The van der Waals surface area contributed by atoms with E-state index in [-0.39, 0.29) is 27.7 Å². The van der Waals surface area contributed by atoms with Crippen LogP contribution in [-0.4, -0.2) is 11.6 Å². The lowest BCUT2D eigenvalue weighted by molar-refractivity contribution is -0.157. The molecular formula is C12H18Cl2O2. The molecule has 0 aromatic carbocycles. The molecule has 1 fully saturated rings. The largest absolute Gasteiger partial charge is 0.460 e. The van der Waals surface area contributed by atoms with E-state index in [1.807, 2.05) is 34.6 Å². The van der Waals surface area contributed by atoms with Crippen LogP contribution in [0.15, 0.2) is 10.6 Å². The van der Waals surface area contributed by atoms with Gasteiger partial charge in [0.25, 0.3) is 0 Å². The molecule has 4 heteroatoms. The number of hydrogen-bond donors (Lipinski definition) is 0. The lowest BCUT2D eigenvalue weighted by Crippen LogP contribution is -2.26. The van der Waals surface area contributed by atoms with Crippen LogP contribution in [0.5, 0.6) is 0 Å². The molecule has 0 bridgehead atoms. The van der Waals surface area contributed by atoms with Gasteiger partial charge in [-0.05, 0) is 38.2 Å². The van der Waals surface area contributed by atoms with Crippen LogP contribution in [-0.2, 0) is 9.53 Å². The van der Waals surface area contributed by atoms with Gasteiger partial charge in [0.2, 0.25) is 0 Å². The van der Waals surface area contributed by atoms with Gasteiger partial charge in [0, 0.05) is 0 Å². The first-order chi connectivity index (χ1) is 7.05. The monoisotopic (exact) mass is 264 g/mol. The van der Waals surface area contributed by atoms with Crippen molar-refractivity contribution < 1.29 is 9.53 Å². The standard InChI is InChI=1S/C12H18Cl2O2/c1-11(2,3)16-10(15)9-7(6-8(13)14)12(9,4)5/h6-7,9H,1-5H3/t7-,9+/m0/s1. The Morgan fingerprint density at radius 2 is 1.81 bits per heavy atom. The van der Waals surface area contributed by atoms with Crippen molar-refractivity contribution in [2.24, 2.45) is 17.3 Å². The molecule has 0 aromatic heterocycles. The van der Waals surface area contributed by atoms with Gasteiger partial charge in [-0.15, -0.1) is 0 Å². The molecule has 2 nitrogen and oxygen atoms in total. The van der Waals surface area contributed by atoms with E-state index in [2.05, 4.69) is 0 Å². The molecule has 1 rings (SSSR count). The van der Waals surface area contributed by atoms with Crippen LogP contribution in [0.1, 0.15) is 34.6 Å². The second-order valence-corrected chi connectivity index (χ2v) is 6.82. The van der Waals surface area contributed by atoms with Gasteiger partial charge >= 0.3 is 5.97 Å². The summed E-state index contributed by atoms with van der Waals surface area (Å²) in [5.41, 5.74) is -0.563. The Hall–Kier alpha value is -0.210. The molecule has 0 radical (unpaired) electrons. The summed E-state index contributed by atoms with van der Waals surface area (Å²) in [6, 6.07) is 0. The fourth-order valence-corrected chi connectivity index (χ4v) is 2.21. The third-order valence-electron chi connectivity index (χ3n) is 2.88. The molecule has 0 spiro atoms. The van der Waals surface area contributed by atoms with Crippen molar-refractivity contribution in [2.75, 3.05) is 0 Å². The molecule has 2 atom stereocenters. The van der Waals surface area contributed by atoms with E-state index >= 15 is 0 Å². The maximum absolute atomic E-state index is 11.9. The molecule has 0 unspecified atom stereocenters. The van der Waals surface area contributed by atoms with E-state index in [9.17, 15) is 4.79 Å². The number of allylic oxidation sites excluding steroid dienone is 1. The molecule has 0 amide bonds. The Morgan fingerprint density at radius 1 is 1.31 bits per heavy atom. The van der Waals surface area contributed by atoms with Gasteiger partial charge in [-0.2, -0.15) is 0 Å². The summed E-state index contributed by atoms with van der Waals surface area (Å²) in [6.07, 6.45) is 1.72. The molecule has 0 aliphatic heterocycles. The maximum atomic E-state index is 11.9. The Kier molecular flexibility index (Phi) is 3.66. The third-order valence-corrected chi connectivity index (χ3v) is 3.13. The Labute approximate surface area is 107 Å². The minimum absolute atomic E-state index is 0.0762. The summed E-state index contributed by atoms with van der Waals surface area (Å²) >= 11 is 11.2. The summed E-state index contributed by atoms with van der Waals surface area (Å²) in [4.78, 5) is 11.9. The van der Waals surface area contributed by atoms with Crippen molar-refractivity contribution in [1.29, 1.82) is 0 Å². The molecule has 1 saturated carbocycles. The van der Waals surface area contributed by atoms with Crippen LogP contribution in [0.2, 0.25) is 0 Å². The predicted octanol–water partition coefficient (Wildman–Crippen LogP) is 3.92. The van der Waals surface area contributed by atoms with Crippen LogP contribution in [0.3, 0.4) is 0 Å². The zero-order valence-electron chi connectivity index (χ0n) is 10.3. The minimum atomic E-state index is -0.450. The highest BCUT2D eigenvalue weighted by molar-refractivity contribution is 6.55. The molecule has 0 N–H and O–H groups in total. The number of halogens is 2. The van der Waals surface area contributed by atoms with Crippen LogP contribution in [0.25, 0.3) is 0 Å². The van der Waals surface area contributed by atoms with Crippen molar-refractivity contribution >= 4 is 29.2 Å². The van der Waals surface area contributed by atoms with Crippen molar-refractivity contribution in [3.63, 3.8) is 0 Å². The molecule has 0 heterocycles. The van der Waals surface area contributed by atoms with E-state index < -0.39 is 5.60 Å². The number of carbonyl (C=O) groups is 1. The first-order valence-corrected chi connectivity index (χ1v) is 6.07. The Bertz CT molecular complexity index is 322. The topological polar surface area (TPSA) is 26.3 Å². The minimum Gasteiger partial charge on any atom is -0.460 e. The molecule has 0 saturated heterocycles. The van der Waals surface area contributed by atoms with Gasteiger partial charge < -0.3 is 4.74 Å². The molecule has 1 aliphatic rings. The van der Waals surface area contributed by atoms with Gasteiger partial charge in [-0.25, -0.2) is 0 Å². The molecule has 1 aliphatic carbocycles. The van der Waals surface area contributed by atoms with Gasteiger partial charge in [0.1, 0.15) is 10.1 Å². The van der Waals surface area contributed by atoms with Crippen LogP contribution in [0.4, 0.5) is 0 Å². The summed E-state index contributed by atoms with van der Waals surface area (Å²) in [5, 5.41) is 0. The lowest BCUT2D eigenvalue weighted by Gasteiger charge is -2.19. The van der Waals surface area contributed by atoms with Crippen molar-refractivity contribution in [1.82, 2.24) is 0 Å². The average Bonchev–Trinajstić information content (AvgIpc) is 2.47. The van der Waals surface area contributed by atoms with Gasteiger partial charge in [-0.1, -0.05) is 37.0 Å². The summed E-state index contributed by atoms with van der Waals surface area (Å²) in [7, 11) is 0. The average molecular weight is 265 g/mol. The fourth-order valence-electron chi connectivity index (χ4n) is 1.94. The second-order valence-electron chi connectivity index (χ2n) is 5.81. The van der Waals surface area contributed by atoms with E-state index in [1.54, 1.807) is 6.08 Å². The number of rotatable bonds is 2. The molecular weight excluding hydrogens is 247 g/mol. The van der Waals surface area contributed by atoms with E-state index in [0.717, 1.165) is 0 Å².